The number of carboxylic acid groups (broad SMARTS) is 1. The van der Waals surface area contributed by atoms with Gasteiger partial charge in [0.05, 0.1) is 0 Å². The van der Waals surface area contributed by atoms with Crippen LogP contribution in [0, 0.1) is 0 Å². The number of ether oxygens (including phenoxy) is 1. The molecule has 1 aliphatic heterocycles. The van der Waals surface area contributed by atoms with Crippen molar-refractivity contribution in [1.29, 1.82) is 0 Å². The van der Waals surface area contributed by atoms with E-state index in [-0.39, 0.29) is 6.42 Å². The Labute approximate surface area is 114 Å². The third kappa shape index (κ3) is 3.49. The van der Waals surface area contributed by atoms with Gasteiger partial charge in [-0.15, -0.1) is 6.58 Å². The van der Waals surface area contributed by atoms with E-state index >= 15 is 0 Å². The molecule has 19 heavy (non-hydrogen) atoms. The van der Waals surface area contributed by atoms with Gasteiger partial charge in [0.25, 0.3) is 0 Å². The molecule has 0 aromatic rings. The number of hydrogen-bond donors (Lipinski definition) is 1. The minimum Gasteiger partial charge on any atom is -0.479 e. The predicted molar refractivity (Wildman–Crippen MR) is 72.0 cm³/mol. The van der Waals surface area contributed by atoms with E-state index in [1.54, 1.807) is 26.8 Å². The molecule has 5 nitrogen and oxygen atoms in total. The van der Waals surface area contributed by atoms with Crippen LogP contribution >= 0.6 is 0 Å². The normalized spacial score (nSPS) is 23.8. The molecule has 0 radical (unpaired) electrons. The lowest BCUT2D eigenvalue weighted by Crippen LogP contribution is -2.60. The fourth-order valence-corrected chi connectivity index (χ4v) is 2.38. The molecule has 108 valence electrons. The smallest absolute Gasteiger partial charge is 0.411 e. The van der Waals surface area contributed by atoms with E-state index < -0.39 is 23.2 Å². The van der Waals surface area contributed by atoms with E-state index in [9.17, 15) is 14.7 Å². The lowest BCUT2D eigenvalue weighted by atomic mass is 9.84. The highest BCUT2D eigenvalue weighted by Crippen LogP contribution is 2.33. The lowest BCUT2D eigenvalue weighted by Gasteiger charge is -2.43. The van der Waals surface area contributed by atoms with Crippen molar-refractivity contribution in [2.24, 2.45) is 0 Å². The molecule has 1 heterocycles. The van der Waals surface area contributed by atoms with Crippen LogP contribution < -0.4 is 0 Å². The van der Waals surface area contributed by atoms with E-state index in [1.165, 1.54) is 4.90 Å². The van der Waals surface area contributed by atoms with Gasteiger partial charge >= 0.3 is 12.1 Å². The molecule has 1 unspecified atom stereocenters. The number of carboxylic acids is 1. The molecule has 0 aliphatic carbocycles. The molecule has 1 atom stereocenters. The number of carbonyl (C=O) groups is 2. The summed E-state index contributed by atoms with van der Waals surface area (Å²) in [7, 11) is 0. The largest absolute Gasteiger partial charge is 0.479 e. The highest BCUT2D eigenvalue weighted by molar-refractivity contribution is 5.85. The maximum absolute atomic E-state index is 12.2. The maximum atomic E-state index is 12.2. The van der Waals surface area contributed by atoms with Gasteiger partial charge in [-0.2, -0.15) is 0 Å². The Morgan fingerprint density at radius 1 is 1.42 bits per heavy atom. The highest BCUT2D eigenvalue weighted by Gasteiger charge is 2.48. The maximum Gasteiger partial charge on any atom is 0.411 e. The standard InChI is InChI=1S/C14H23NO4/c1-5-8-14(11(16)17)9-6-7-10-15(14)12(18)19-13(2,3)4/h5H,1,6-10H2,2-4H3,(H,16,17). The summed E-state index contributed by atoms with van der Waals surface area (Å²) in [4.78, 5) is 25.2. The summed E-state index contributed by atoms with van der Waals surface area (Å²) in [6, 6.07) is 0. The molecule has 5 heteroatoms. The number of amides is 1. The summed E-state index contributed by atoms with van der Waals surface area (Å²) in [5.41, 5.74) is -1.84. The number of aliphatic carboxylic acids is 1. The van der Waals surface area contributed by atoms with Crippen LogP contribution in [0.1, 0.15) is 46.5 Å². The minimum absolute atomic E-state index is 0.238. The quantitative estimate of drug-likeness (QED) is 0.800. The van der Waals surface area contributed by atoms with Crippen molar-refractivity contribution in [3.05, 3.63) is 12.7 Å². The zero-order valence-electron chi connectivity index (χ0n) is 11.9. The van der Waals surface area contributed by atoms with E-state index in [1.807, 2.05) is 0 Å². The van der Waals surface area contributed by atoms with Crippen LogP contribution in [0.25, 0.3) is 0 Å². The fourth-order valence-electron chi connectivity index (χ4n) is 2.38. The van der Waals surface area contributed by atoms with Crippen LogP contribution in [0.4, 0.5) is 4.79 Å². The first-order chi connectivity index (χ1) is 8.73. The molecule has 0 bridgehead atoms. The molecular formula is C14H23NO4. The zero-order chi connectivity index (χ0) is 14.7. The van der Waals surface area contributed by atoms with Gasteiger partial charge in [-0.1, -0.05) is 6.08 Å². The van der Waals surface area contributed by atoms with Gasteiger partial charge in [0.15, 0.2) is 0 Å². The second kappa shape index (κ2) is 5.63. The SMILES string of the molecule is C=CCC1(C(=O)O)CCCCN1C(=O)OC(C)(C)C. The van der Waals surface area contributed by atoms with Gasteiger partial charge in [-0.3, -0.25) is 4.90 Å². The number of hydrogen-bond acceptors (Lipinski definition) is 3. The molecule has 1 amide bonds. The fraction of sp³-hybridized carbons (Fsp3) is 0.714. The number of rotatable bonds is 3. The van der Waals surface area contributed by atoms with Crippen LogP contribution in [-0.2, 0) is 9.53 Å². The number of piperidine rings is 1. The predicted octanol–water partition coefficient (Wildman–Crippen LogP) is 2.81. The van der Waals surface area contributed by atoms with Gasteiger partial charge in [0.2, 0.25) is 0 Å². The molecule has 0 aromatic carbocycles. The molecule has 1 aliphatic rings. The summed E-state index contributed by atoms with van der Waals surface area (Å²) in [6.07, 6.45) is 3.26. The first kappa shape index (κ1) is 15.5. The Balaban J connectivity index is 3.02. The van der Waals surface area contributed by atoms with Gasteiger partial charge < -0.3 is 9.84 Å². The molecule has 1 fully saturated rings. The van der Waals surface area contributed by atoms with Crippen molar-refractivity contribution in [2.45, 2.75) is 57.6 Å². The van der Waals surface area contributed by atoms with E-state index in [0.717, 1.165) is 12.8 Å². The molecule has 1 N–H and O–H groups in total. The van der Waals surface area contributed by atoms with Crippen molar-refractivity contribution in [3.63, 3.8) is 0 Å². The molecular weight excluding hydrogens is 246 g/mol. The average Bonchev–Trinajstić information content (AvgIpc) is 2.27. The van der Waals surface area contributed by atoms with Crippen molar-refractivity contribution < 1.29 is 19.4 Å². The molecule has 0 saturated carbocycles. The third-order valence-electron chi connectivity index (χ3n) is 3.23. The van der Waals surface area contributed by atoms with E-state index in [0.29, 0.717) is 13.0 Å². The first-order valence-corrected chi connectivity index (χ1v) is 6.58. The second-order valence-corrected chi connectivity index (χ2v) is 5.92. The molecule has 1 saturated heterocycles. The Morgan fingerprint density at radius 2 is 2.05 bits per heavy atom. The van der Waals surface area contributed by atoms with Crippen molar-refractivity contribution >= 4 is 12.1 Å². The topological polar surface area (TPSA) is 66.8 Å². The van der Waals surface area contributed by atoms with Crippen molar-refractivity contribution in [2.75, 3.05) is 6.54 Å². The summed E-state index contributed by atoms with van der Waals surface area (Å²) in [5, 5.41) is 9.54. The van der Waals surface area contributed by atoms with E-state index in [2.05, 4.69) is 6.58 Å². The Bertz CT molecular complexity index is 372. The summed E-state index contributed by atoms with van der Waals surface area (Å²) in [5.74, 6) is -0.988. The first-order valence-electron chi connectivity index (χ1n) is 6.58. The van der Waals surface area contributed by atoms with Crippen molar-refractivity contribution in [1.82, 2.24) is 4.90 Å². The number of carbonyl (C=O) groups excluding carboxylic acids is 1. The van der Waals surface area contributed by atoms with E-state index in [4.69, 9.17) is 4.74 Å². The monoisotopic (exact) mass is 269 g/mol. The van der Waals surface area contributed by atoms with Gasteiger partial charge in [0.1, 0.15) is 11.1 Å². The number of nitrogens with zero attached hydrogens (tertiary/aromatic N) is 1. The number of likely N-dealkylation sites (tertiary alicyclic amines) is 1. The van der Waals surface area contributed by atoms with Crippen LogP contribution in [0.15, 0.2) is 12.7 Å². The highest BCUT2D eigenvalue weighted by atomic mass is 16.6. The summed E-state index contributed by atoms with van der Waals surface area (Å²) in [6.45, 7) is 9.33. The van der Waals surface area contributed by atoms with Crippen molar-refractivity contribution in [3.8, 4) is 0 Å². The molecule has 0 spiro atoms. The van der Waals surface area contributed by atoms with Crippen LogP contribution in [0.2, 0.25) is 0 Å². The lowest BCUT2D eigenvalue weighted by molar-refractivity contribution is -0.153. The zero-order valence-corrected chi connectivity index (χ0v) is 11.9. The molecule has 0 aromatic heterocycles. The van der Waals surface area contributed by atoms with Crippen LogP contribution in [0.3, 0.4) is 0 Å². The summed E-state index contributed by atoms with van der Waals surface area (Å²) >= 11 is 0. The van der Waals surface area contributed by atoms with Crippen LogP contribution in [0.5, 0.6) is 0 Å². The Morgan fingerprint density at radius 3 is 2.53 bits per heavy atom. The summed E-state index contributed by atoms with van der Waals surface area (Å²) < 4.78 is 5.32. The van der Waals surface area contributed by atoms with Gasteiger partial charge in [0, 0.05) is 6.54 Å². The van der Waals surface area contributed by atoms with Gasteiger partial charge in [-0.25, -0.2) is 9.59 Å². The van der Waals surface area contributed by atoms with Gasteiger partial charge in [-0.05, 0) is 46.5 Å². The molecule has 1 rings (SSSR count). The second-order valence-electron chi connectivity index (χ2n) is 5.92. The Kier molecular flexibility index (Phi) is 4.61. The van der Waals surface area contributed by atoms with Crippen LogP contribution in [-0.4, -0.2) is 39.8 Å². The third-order valence-corrected chi connectivity index (χ3v) is 3.23. The average molecular weight is 269 g/mol. The minimum atomic E-state index is -1.21. The Hall–Kier alpha value is -1.52.